The van der Waals surface area contributed by atoms with Gasteiger partial charge in [0.05, 0.1) is 13.3 Å². The van der Waals surface area contributed by atoms with E-state index in [0.29, 0.717) is 0 Å². The predicted octanol–water partition coefficient (Wildman–Crippen LogP) is 2.98. The molecule has 1 unspecified atom stereocenters. The Kier molecular flexibility index (Phi) is 4.79. The summed E-state index contributed by atoms with van der Waals surface area (Å²) >= 11 is 0. The van der Waals surface area contributed by atoms with Crippen LogP contribution in [0.15, 0.2) is 30.5 Å². The van der Waals surface area contributed by atoms with E-state index in [0.717, 1.165) is 18.7 Å². The van der Waals surface area contributed by atoms with Crippen molar-refractivity contribution in [3.05, 3.63) is 47.3 Å². The Bertz CT molecular complexity index is 563. The van der Waals surface area contributed by atoms with Crippen molar-refractivity contribution in [2.45, 2.75) is 32.9 Å². The van der Waals surface area contributed by atoms with E-state index in [1.54, 1.807) is 7.11 Å². The molecule has 0 radical (unpaired) electrons. The van der Waals surface area contributed by atoms with E-state index in [1.807, 2.05) is 30.1 Å². The van der Waals surface area contributed by atoms with Gasteiger partial charge in [-0.2, -0.15) is 5.10 Å². The number of para-hydroxylation sites is 1. The summed E-state index contributed by atoms with van der Waals surface area (Å²) in [5, 5.41) is 7.88. The van der Waals surface area contributed by atoms with Gasteiger partial charge in [-0.1, -0.05) is 25.1 Å². The first-order valence-corrected chi connectivity index (χ1v) is 7.01. The maximum absolute atomic E-state index is 5.45. The monoisotopic (exact) mass is 273 g/mol. The second-order valence-electron chi connectivity index (χ2n) is 4.96. The molecule has 1 heterocycles. The number of hydrogen-bond donors (Lipinski definition) is 1. The van der Waals surface area contributed by atoms with Gasteiger partial charge in [0.2, 0.25) is 0 Å². The molecule has 0 aliphatic heterocycles. The zero-order chi connectivity index (χ0) is 14.5. The number of rotatable bonds is 6. The molecule has 0 saturated carbocycles. The standard InChI is InChI=1S/C16H23N3O/c1-5-15(14-8-6-7-9-16(14)20-4)17-10-13-11-18-19(3)12(13)2/h6-9,11,15,17H,5,10H2,1-4H3. The van der Waals surface area contributed by atoms with Crippen molar-refractivity contribution in [3.8, 4) is 5.75 Å². The van der Waals surface area contributed by atoms with E-state index in [1.165, 1.54) is 16.8 Å². The van der Waals surface area contributed by atoms with Crippen molar-refractivity contribution in [2.75, 3.05) is 7.11 Å². The molecule has 2 rings (SSSR count). The van der Waals surface area contributed by atoms with Gasteiger partial charge in [-0.05, 0) is 19.4 Å². The molecule has 0 aliphatic carbocycles. The molecule has 1 N–H and O–H groups in total. The molecule has 0 spiro atoms. The number of benzene rings is 1. The van der Waals surface area contributed by atoms with Gasteiger partial charge in [0.15, 0.2) is 0 Å². The van der Waals surface area contributed by atoms with E-state index in [-0.39, 0.29) is 6.04 Å². The molecule has 0 aliphatic rings. The average molecular weight is 273 g/mol. The molecule has 0 bridgehead atoms. The van der Waals surface area contributed by atoms with Crippen LogP contribution in [0.2, 0.25) is 0 Å². The Balaban J connectivity index is 2.11. The zero-order valence-electron chi connectivity index (χ0n) is 12.7. The Morgan fingerprint density at radius 2 is 2.10 bits per heavy atom. The Morgan fingerprint density at radius 3 is 2.70 bits per heavy atom. The number of methoxy groups -OCH3 is 1. The van der Waals surface area contributed by atoms with Gasteiger partial charge in [-0.15, -0.1) is 0 Å². The lowest BCUT2D eigenvalue weighted by Gasteiger charge is -2.19. The summed E-state index contributed by atoms with van der Waals surface area (Å²) in [6, 6.07) is 8.47. The summed E-state index contributed by atoms with van der Waals surface area (Å²) in [5.74, 6) is 0.940. The molecule has 1 aromatic carbocycles. The first kappa shape index (κ1) is 14.6. The lowest BCUT2D eigenvalue weighted by Crippen LogP contribution is -2.21. The van der Waals surface area contributed by atoms with Crippen molar-refractivity contribution >= 4 is 0 Å². The maximum atomic E-state index is 5.45. The maximum Gasteiger partial charge on any atom is 0.123 e. The lowest BCUT2D eigenvalue weighted by molar-refractivity contribution is 0.396. The summed E-state index contributed by atoms with van der Waals surface area (Å²) in [6.07, 6.45) is 2.94. The van der Waals surface area contributed by atoms with Crippen molar-refractivity contribution in [2.24, 2.45) is 7.05 Å². The molecular weight excluding hydrogens is 250 g/mol. The molecule has 4 nitrogen and oxygen atoms in total. The van der Waals surface area contributed by atoms with Crippen molar-refractivity contribution in [1.29, 1.82) is 0 Å². The third-order valence-corrected chi connectivity index (χ3v) is 3.80. The van der Waals surface area contributed by atoms with E-state index < -0.39 is 0 Å². The summed E-state index contributed by atoms with van der Waals surface area (Å²) in [6.45, 7) is 5.09. The molecule has 0 amide bonds. The smallest absolute Gasteiger partial charge is 0.123 e. The van der Waals surface area contributed by atoms with Gasteiger partial charge in [0.25, 0.3) is 0 Å². The van der Waals surface area contributed by atoms with Crippen molar-refractivity contribution < 1.29 is 4.74 Å². The lowest BCUT2D eigenvalue weighted by atomic mass is 10.0. The van der Waals surface area contributed by atoms with Crippen LogP contribution in [0, 0.1) is 6.92 Å². The highest BCUT2D eigenvalue weighted by Crippen LogP contribution is 2.27. The largest absolute Gasteiger partial charge is 0.496 e. The molecule has 2 aromatic rings. The van der Waals surface area contributed by atoms with Crippen LogP contribution in [-0.4, -0.2) is 16.9 Å². The number of aryl methyl sites for hydroxylation is 1. The Morgan fingerprint density at radius 1 is 1.35 bits per heavy atom. The van der Waals surface area contributed by atoms with Gasteiger partial charge >= 0.3 is 0 Å². The number of hydrogen-bond acceptors (Lipinski definition) is 3. The van der Waals surface area contributed by atoms with Crippen LogP contribution in [0.25, 0.3) is 0 Å². The first-order valence-electron chi connectivity index (χ1n) is 7.01. The van der Waals surface area contributed by atoms with Gasteiger partial charge in [0, 0.05) is 36.5 Å². The minimum absolute atomic E-state index is 0.283. The van der Waals surface area contributed by atoms with Crippen LogP contribution in [-0.2, 0) is 13.6 Å². The van der Waals surface area contributed by atoms with Crippen molar-refractivity contribution in [3.63, 3.8) is 0 Å². The number of nitrogens with one attached hydrogen (secondary N) is 1. The van der Waals surface area contributed by atoms with Gasteiger partial charge < -0.3 is 10.1 Å². The fraction of sp³-hybridized carbons (Fsp3) is 0.438. The normalized spacial score (nSPS) is 12.4. The third kappa shape index (κ3) is 3.02. The quantitative estimate of drug-likeness (QED) is 0.879. The molecule has 20 heavy (non-hydrogen) atoms. The van der Waals surface area contributed by atoms with Crippen LogP contribution in [0.1, 0.15) is 36.2 Å². The molecule has 108 valence electrons. The number of ether oxygens (including phenoxy) is 1. The summed E-state index contributed by atoms with van der Waals surface area (Å²) in [4.78, 5) is 0. The molecule has 1 atom stereocenters. The first-order chi connectivity index (χ1) is 9.67. The second kappa shape index (κ2) is 6.57. The molecular formula is C16H23N3O. The molecule has 1 aromatic heterocycles. The van der Waals surface area contributed by atoms with E-state index >= 15 is 0 Å². The highest BCUT2D eigenvalue weighted by atomic mass is 16.5. The fourth-order valence-electron chi connectivity index (χ4n) is 2.38. The Hall–Kier alpha value is -1.81. The molecule has 0 saturated heterocycles. The minimum Gasteiger partial charge on any atom is -0.496 e. The van der Waals surface area contributed by atoms with E-state index in [4.69, 9.17) is 4.74 Å². The minimum atomic E-state index is 0.283. The van der Waals surface area contributed by atoms with E-state index in [9.17, 15) is 0 Å². The average Bonchev–Trinajstić information content (AvgIpc) is 2.80. The second-order valence-corrected chi connectivity index (χ2v) is 4.96. The van der Waals surface area contributed by atoms with Gasteiger partial charge in [0.1, 0.15) is 5.75 Å². The van der Waals surface area contributed by atoms with Crippen LogP contribution in [0.3, 0.4) is 0 Å². The fourth-order valence-corrected chi connectivity index (χ4v) is 2.38. The van der Waals surface area contributed by atoms with Gasteiger partial charge in [-0.3, -0.25) is 4.68 Å². The van der Waals surface area contributed by atoms with E-state index in [2.05, 4.69) is 36.4 Å². The van der Waals surface area contributed by atoms with Crippen LogP contribution in [0.5, 0.6) is 5.75 Å². The molecule has 0 fully saturated rings. The molecule has 4 heteroatoms. The van der Waals surface area contributed by atoms with Crippen LogP contribution in [0.4, 0.5) is 0 Å². The van der Waals surface area contributed by atoms with Crippen LogP contribution < -0.4 is 10.1 Å². The predicted molar refractivity (Wildman–Crippen MR) is 80.8 cm³/mol. The highest BCUT2D eigenvalue weighted by Gasteiger charge is 2.14. The SMILES string of the molecule is CCC(NCc1cnn(C)c1C)c1ccccc1OC. The topological polar surface area (TPSA) is 39.1 Å². The van der Waals surface area contributed by atoms with Gasteiger partial charge in [-0.25, -0.2) is 0 Å². The Labute approximate surface area is 120 Å². The summed E-state index contributed by atoms with van der Waals surface area (Å²) in [5.41, 5.74) is 3.65. The van der Waals surface area contributed by atoms with Crippen LogP contribution >= 0.6 is 0 Å². The number of aromatic nitrogens is 2. The highest BCUT2D eigenvalue weighted by molar-refractivity contribution is 5.36. The third-order valence-electron chi connectivity index (χ3n) is 3.80. The summed E-state index contributed by atoms with van der Waals surface area (Å²) in [7, 11) is 3.69. The summed E-state index contributed by atoms with van der Waals surface area (Å²) < 4.78 is 7.36. The van der Waals surface area contributed by atoms with Crippen molar-refractivity contribution in [1.82, 2.24) is 15.1 Å². The zero-order valence-corrected chi connectivity index (χ0v) is 12.7. The number of nitrogens with zero attached hydrogens (tertiary/aromatic N) is 2.